The molecule has 0 aliphatic carbocycles. The minimum Gasteiger partial charge on any atom is -0.418 e. The molecule has 0 aromatic carbocycles. The summed E-state index contributed by atoms with van der Waals surface area (Å²) >= 11 is 8.68. The molecule has 3 aromatic heterocycles. The number of thiophene rings is 2. The Morgan fingerprint density at radius 1 is 1.31 bits per heavy atom. The first-order chi connectivity index (χ1) is 15.3. The molecule has 0 spiro atoms. The molecule has 9 nitrogen and oxygen atoms in total. The predicted octanol–water partition coefficient (Wildman–Crippen LogP) is 3.72. The van der Waals surface area contributed by atoms with E-state index >= 15 is 0 Å². The molecule has 4 heterocycles. The first-order valence-corrected chi connectivity index (χ1v) is 11.9. The maximum absolute atomic E-state index is 13.1. The fraction of sp³-hybridized carbons (Fsp3) is 0.350. The molecule has 1 fully saturated rings. The van der Waals surface area contributed by atoms with E-state index in [1.165, 1.54) is 27.6 Å². The number of halogens is 1. The zero-order valence-electron chi connectivity index (χ0n) is 17.3. The normalized spacial score (nSPS) is 18.3. The average molecular weight is 494 g/mol. The van der Waals surface area contributed by atoms with Crippen molar-refractivity contribution in [2.24, 2.45) is 0 Å². The predicted molar refractivity (Wildman–Crippen MR) is 120 cm³/mol. The van der Waals surface area contributed by atoms with Gasteiger partial charge in [0.2, 0.25) is 11.8 Å². The van der Waals surface area contributed by atoms with E-state index in [1.54, 1.807) is 19.1 Å². The van der Waals surface area contributed by atoms with E-state index in [9.17, 15) is 14.4 Å². The van der Waals surface area contributed by atoms with Gasteiger partial charge in [-0.3, -0.25) is 14.5 Å². The van der Waals surface area contributed by atoms with Gasteiger partial charge in [0, 0.05) is 11.4 Å². The first kappa shape index (κ1) is 22.4. The third-order valence-corrected chi connectivity index (χ3v) is 7.32. The minimum absolute atomic E-state index is 0.0898. The smallest absolute Gasteiger partial charge is 0.325 e. The summed E-state index contributed by atoms with van der Waals surface area (Å²) in [6.07, 6.45) is 0.684. The third kappa shape index (κ3) is 4.27. The standard InChI is InChI=1S/C20H20ClN5O4S2/c1-3-8-25(10-15-23-24-17(30-15)12-5-4-9-31-12)16(27)11-26-18(28)20(2,22-19(26)29)13-6-7-14(21)32-13/h4-7,9H,3,8,10-11H2,1-2H3,(H,22,29). The van der Waals surface area contributed by atoms with E-state index in [-0.39, 0.29) is 24.9 Å². The molecule has 4 amide bonds. The Kier molecular flexibility index (Phi) is 6.31. The second kappa shape index (κ2) is 9.00. The largest absolute Gasteiger partial charge is 0.418 e. The topological polar surface area (TPSA) is 109 Å². The summed E-state index contributed by atoms with van der Waals surface area (Å²) in [6, 6.07) is 6.49. The van der Waals surface area contributed by atoms with Crippen LogP contribution in [-0.2, 0) is 21.7 Å². The van der Waals surface area contributed by atoms with Gasteiger partial charge in [0.1, 0.15) is 6.54 Å². The number of urea groups is 1. The highest BCUT2D eigenvalue weighted by molar-refractivity contribution is 7.16. The summed E-state index contributed by atoms with van der Waals surface area (Å²) in [4.78, 5) is 42.5. The quantitative estimate of drug-likeness (QED) is 0.479. The lowest BCUT2D eigenvalue weighted by Gasteiger charge is -2.23. The molecule has 3 aromatic rings. The van der Waals surface area contributed by atoms with Gasteiger partial charge in [-0.05, 0) is 36.9 Å². The first-order valence-electron chi connectivity index (χ1n) is 9.85. The number of imide groups is 1. The van der Waals surface area contributed by atoms with Crippen molar-refractivity contribution in [2.45, 2.75) is 32.4 Å². The van der Waals surface area contributed by atoms with Gasteiger partial charge in [-0.1, -0.05) is 24.6 Å². The molecule has 32 heavy (non-hydrogen) atoms. The van der Waals surface area contributed by atoms with E-state index < -0.39 is 17.5 Å². The Morgan fingerprint density at radius 3 is 2.78 bits per heavy atom. The molecule has 12 heteroatoms. The molecule has 0 saturated carbocycles. The number of carbonyl (C=O) groups is 3. The summed E-state index contributed by atoms with van der Waals surface area (Å²) in [7, 11) is 0. The summed E-state index contributed by atoms with van der Waals surface area (Å²) in [5.74, 6) is -0.216. The third-order valence-electron chi connectivity index (χ3n) is 5.01. The maximum Gasteiger partial charge on any atom is 0.325 e. The van der Waals surface area contributed by atoms with Gasteiger partial charge < -0.3 is 14.6 Å². The average Bonchev–Trinajstić information content (AvgIpc) is 3.54. The van der Waals surface area contributed by atoms with E-state index in [4.69, 9.17) is 16.0 Å². The zero-order valence-corrected chi connectivity index (χ0v) is 19.7. The second-order valence-corrected chi connectivity index (χ2v) is 10.0. The second-order valence-electron chi connectivity index (χ2n) is 7.34. The van der Waals surface area contributed by atoms with Crippen molar-refractivity contribution in [1.82, 2.24) is 25.3 Å². The minimum atomic E-state index is -1.26. The lowest BCUT2D eigenvalue weighted by Crippen LogP contribution is -2.44. The Labute approximate surface area is 197 Å². The number of hydrogen-bond donors (Lipinski definition) is 1. The van der Waals surface area contributed by atoms with Gasteiger partial charge in [-0.15, -0.1) is 32.9 Å². The van der Waals surface area contributed by atoms with Crippen molar-refractivity contribution in [3.8, 4) is 10.8 Å². The number of amides is 4. The van der Waals surface area contributed by atoms with Crippen molar-refractivity contribution in [3.63, 3.8) is 0 Å². The highest BCUT2D eigenvalue weighted by Gasteiger charge is 2.50. The van der Waals surface area contributed by atoms with Crippen LogP contribution in [0.1, 0.15) is 31.0 Å². The summed E-state index contributed by atoms with van der Waals surface area (Å²) in [6.45, 7) is 3.65. The van der Waals surface area contributed by atoms with Crippen LogP contribution in [0, 0.1) is 0 Å². The SMILES string of the molecule is CCCN(Cc1nnc(-c2cccs2)o1)C(=O)CN1C(=O)NC(C)(c2ccc(Cl)s2)C1=O. The molecule has 1 N–H and O–H groups in total. The van der Waals surface area contributed by atoms with E-state index in [2.05, 4.69) is 15.5 Å². The van der Waals surface area contributed by atoms with Crippen molar-refractivity contribution < 1.29 is 18.8 Å². The molecule has 1 saturated heterocycles. The highest BCUT2D eigenvalue weighted by atomic mass is 35.5. The number of hydrogen-bond acceptors (Lipinski definition) is 8. The molecule has 1 unspecified atom stereocenters. The number of rotatable bonds is 8. The van der Waals surface area contributed by atoms with E-state index in [0.717, 1.165) is 9.78 Å². The van der Waals surface area contributed by atoms with Crippen LogP contribution in [0.5, 0.6) is 0 Å². The van der Waals surface area contributed by atoms with Crippen molar-refractivity contribution in [1.29, 1.82) is 0 Å². The zero-order chi connectivity index (χ0) is 22.9. The Bertz CT molecular complexity index is 1140. The van der Waals surface area contributed by atoms with Crippen LogP contribution in [0.25, 0.3) is 10.8 Å². The molecule has 0 radical (unpaired) electrons. The van der Waals surface area contributed by atoms with Crippen LogP contribution in [0.3, 0.4) is 0 Å². The number of carbonyl (C=O) groups excluding carboxylic acids is 3. The molecule has 1 atom stereocenters. The van der Waals surface area contributed by atoms with Crippen molar-refractivity contribution in [2.75, 3.05) is 13.1 Å². The van der Waals surface area contributed by atoms with Gasteiger partial charge in [-0.2, -0.15) is 0 Å². The van der Waals surface area contributed by atoms with Crippen molar-refractivity contribution >= 4 is 52.1 Å². The molecule has 168 valence electrons. The van der Waals surface area contributed by atoms with Gasteiger partial charge in [-0.25, -0.2) is 4.79 Å². The molecule has 1 aliphatic rings. The van der Waals surface area contributed by atoms with Crippen LogP contribution in [0.15, 0.2) is 34.1 Å². The number of nitrogens with zero attached hydrogens (tertiary/aromatic N) is 4. The van der Waals surface area contributed by atoms with E-state index in [1.807, 2.05) is 24.4 Å². The molecular weight excluding hydrogens is 474 g/mol. The van der Waals surface area contributed by atoms with Crippen LogP contribution in [0.4, 0.5) is 4.79 Å². The Hall–Kier alpha value is -2.76. The Balaban J connectivity index is 1.47. The fourth-order valence-corrected chi connectivity index (χ4v) is 5.15. The van der Waals surface area contributed by atoms with Crippen LogP contribution >= 0.6 is 34.3 Å². The van der Waals surface area contributed by atoms with E-state index in [0.29, 0.717) is 28.1 Å². The van der Waals surface area contributed by atoms with Gasteiger partial charge >= 0.3 is 6.03 Å². The van der Waals surface area contributed by atoms with Crippen LogP contribution in [0.2, 0.25) is 4.34 Å². The Morgan fingerprint density at radius 2 is 2.12 bits per heavy atom. The van der Waals surface area contributed by atoms with Gasteiger partial charge in [0.25, 0.3) is 11.8 Å². The summed E-state index contributed by atoms with van der Waals surface area (Å²) < 4.78 is 6.19. The number of aromatic nitrogens is 2. The molecule has 1 aliphatic heterocycles. The molecule has 0 bridgehead atoms. The lowest BCUT2D eigenvalue weighted by molar-refractivity contribution is -0.139. The van der Waals surface area contributed by atoms with Gasteiger partial charge in [0.15, 0.2) is 5.54 Å². The van der Waals surface area contributed by atoms with Gasteiger partial charge in [0.05, 0.1) is 15.8 Å². The van der Waals surface area contributed by atoms with Crippen LogP contribution < -0.4 is 5.32 Å². The summed E-state index contributed by atoms with van der Waals surface area (Å²) in [5, 5.41) is 12.6. The number of nitrogens with one attached hydrogen (secondary N) is 1. The summed E-state index contributed by atoms with van der Waals surface area (Å²) in [5.41, 5.74) is -1.26. The molecular formula is C20H20ClN5O4S2. The fourth-order valence-electron chi connectivity index (χ4n) is 3.37. The molecule has 4 rings (SSSR count). The van der Waals surface area contributed by atoms with Crippen molar-refractivity contribution in [3.05, 3.63) is 44.7 Å². The monoisotopic (exact) mass is 493 g/mol. The lowest BCUT2D eigenvalue weighted by atomic mass is 10.0. The van der Waals surface area contributed by atoms with Crippen LogP contribution in [-0.4, -0.2) is 50.9 Å². The highest BCUT2D eigenvalue weighted by Crippen LogP contribution is 2.35. The maximum atomic E-state index is 13.1.